The van der Waals surface area contributed by atoms with Crippen LogP contribution in [-0.4, -0.2) is 56.0 Å². The van der Waals surface area contributed by atoms with Crippen LogP contribution in [0.25, 0.3) is 0 Å². The van der Waals surface area contributed by atoms with Gasteiger partial charge in [0.15, 0.2) is 11.5 Å². The number of primary amides is 1. The molecule has 0 aliphatic carbocycles. The largest absolute Gasteiger partial charge is 0.493 e. The maximum Gasteiger partial charge on any atom is 0.256 e. The van der Waals surface area contributed by atoms with E-state index >= 15 is 0 Å². The summed E-state index contributed by atoms with van der Waals surface area (Å²) in [5.41, 5.74) is 7.61. The first kappa shape index (κ1) is 21.6. The molecule has 0 bridgehead atoms. The van der Waals surface area contributed by atoms with E-state index in [4.69, 9.17) is 15.2 Å². The van der Waals surface area contributed by atoms with Gasteiger partial charge < -0.3 is 25.0 Å². The van der Waals surface area contributed by atoms with E-state index in [1.165, 1.54) is 0 Å². The van der Waals surface area contributed by atoms with Crippen molar-refractivity contribution in [3.8, 4) is 11.5 Å². The number of ether oxygens (including phenoxy) is 2. The van der Waals surface area contributed by atoms with Crippen LogP contribution in [0.1, 0.15) is 46.9 Å². The monoisotopic (exact) mass is 410 g/mol. The minimum Gasteiger partial charge on any atom is -0.493 e. The molecule has 1 aliphatic rings. The molecule has 0 aromatic heterocycles. The summed E-state index contributed by atoms with van der Waals surface area (Å²) in [4.78, 5) is 29.4. The molecular formula is C23H28N3O4. The number of amides is 2. The molecule has 0 saturated carbocycles. The third-order valence-corrected chi connectivity index (χ3v) is 5.24. The zero-order valence-electron chi connectivity index (χ0n) is 17.8. The maximum atomic E-state index is 13.3. The Morgan fingerprint density at radius 3 is 2.70 bits per heavy atom. The molecule has 159 valence electrons. The minimum atomic E-state index is -0.838. The van der Waals surface area contributed by atoms with Gasteiger partial charge in [-0.3, -0.25) is 9.59 Å². The second-order valence-corrected chi connectivity index (χ2v) is 7.47. The van der Waals surface area contributed by atoms with Crippen molar-refractivity contribution in [2.75, 3.05) is 34.4 Å². The van der Waals surface area contributed by atoms with E-state index in [9.17, 15) is 9.59 Å². The van der Waals surface area contributed by atoms with Crippen LogP contribution in [0.15, 0.2) is 36.4 Å². The number of methoxy groups -OCH3 is 1. The molecule has 2 unspecified atom stereocenters. The van der Waals surface area contributed by atoms with Crippen LogP contribution in [0.2, 0.25) is 0 Å². The van der Waals surface area contributed by atoms with Crippen molar-refractivity contribution in [2.45, 2.75) is 25.4 Å². The third-order valence-electron chi connectivity index (χ3n) is 5.24. The number of nitrogens with zero attached hydrogens (tertiary/aromatic N) is 2. The van der Waals surface area contributed by atoms with Crippen molar-refractivity contribution < 1.29 is 19.1 Å². The molecule has 0 fully saturated rings. The average molecular weight is 410 g/mol. The Bertz CT molecular complexity index is 928. The van der Waals surface area contributed by atoms with Crippen LogP contribution in [-0.2, 0) is 4.79 Å². The lowest BCUT2D eigenvalue weighted by molar-refractivity contribution is -0.123. The molecule has 30 heavy (non-hydrogen) atoms. The fourth-order valence-corrected chi connectivity index (χ4v) is 3.89. The Labute approximate surface area is 177 Å². The average Bonchev–Trinajstić information content (AvgIpc) is 3.01. The van der Waals surface area contributed by atoms with E-state index in [-0.39, 0.29) is 11.9 Å². The highest BCUT2D eigenvalue weighted by Crippen LogP contribution is 2.42. The molecule has 2 N–H and O–H groups in total. The molecule has 1 aliphatic heterocycles. The maximum absolute atomic E-state index is 13.3. The van der Waals surface area contributed by atoms with Crippen molar-refractivity contribution >= 4 is 11.8 Å². The molecule has 2 atom stereocenters. The van der Waals surface area contributed by atoms with Gasteiger partial charge in [-0.1, -0.05) is 24.3 Å². The molecule has 1 heterocycles. The lowest BCUT2D eigenvalue weighted by atomic mass is 9.98. The van der Waals surface area contributed by atoms with Crippen molar-refractivity contribution in [2.24, 2.45) is 5.73 Å². The van der Waals surface area contributed by atoms with Gasteiger partial charge in [-0.15, -0.1) is 0 Å². The summed E-state index contributed by atoms with van der Waals surface area (Å²) >= 11 is 0. The van der Waals surface area contributed by atoms with Gasteiger partial charge in [0.05, 0.1) is 25.3 Å². The van der Waals surface area contributed by atoms with Crippen LogP contribution in [0.3, 0.4) is 0 Å². The number of nitrogens with two attached hydrogens (primary N) is 1. The molecule has 0 saturated heterocycles. The lowest BCUT2D eigenvalue weighted by Crippen LogP contribution is -2.39. The van der Waals surface area contributed by atoms with Gasteiger partial charge >= 0.3 is 0 Å². The predicted octanol–water partition coefficient (Wildman–Crippen LogP) is 2.57. The summed E-state index contributed by atoms with van der Waals surface area (Å²) in [5, 5.41) is 0. The second kappa shape index (κ2) is 9.17. The summed E-state index contributed by atoms with van der Waals surface area (Å²) in [6.45, 7) is 3.10. The van der Waals surface area contributed by atoms with Crippen LogP contribution in [0.5, 0.6) is 11.5 Å². The van der Waals surface area contributed by atoms with E-state index < -0.39 is 11.9 Å². The van der Waals surface area contributed by atoms with E-state index in [1.807, 2.05) is 44.1 Å². The van der Waals surface area contributed by atoms with Gasteiger partial charge in [-0.2, -0.15) is 0 Å². The highest BCUT2D eigenvalue weighted by Gasteiger charge is 2.44. The predicted molar refractivity (Wildman–Crippen MR) is 113 cm³/mol. The van der Waals surface area contributed by atoms with Crippen LogP contribution >= 0.6 is 0 Å². The standard InChI is InChI=1S/C23H28N3O4/c1-5-30-20-14-15(10-11-19(20)29-4)18(12-13-25(2)3)26-21(22(24)27)16-8-6-7-9-17(16)23(26)28/h6-8,10-11,14,18,21H,5,12-13H2,1-4H3,(H2,24,27). The van der Waals surface area contributed by atoms with Gasteiger partial charge in [0.1, 0.15) is 6.04 Å². The zero-order valence-corrected chi connectivity index (χ0v) is 17.8. The molecule has 2 amide bonds. The van der Waals surface area contributed by atoms with Crippen LogP contribution in [0.4, 0.5) is 0 Å². The number of hydrogen-bond donors (Lipinski definition) is 1. The normalized spacial score (nSPS) is 16.5. The SMILES string of the molecule is CCOc1cc(C(CCN(C)C)N2C(=O)c3[c]cccc3C2C(N)=O)ccc1OC. The van der Waals surface area contributed by atoms with Crippen molar-refractivity contribution in [1.29, 1.82) is 0 Å². The van der Waals surface area contributed by atoms with Gasteiger partial charge in [-0.05, 0) is 63.3 Å². The highest BCUT2D eigenvalue weighted by atomic mass is 16.5. The highest BCUT2D eigenvalue weighted by molar-refractivity contribution is 6.04. The van der Waals surface area contributed by atoms with E-state index in [2.05, 4.69) is 6.07 Å². The first-order chi connectivity index (χ1) is 14.4. The second-order valence-electron chi connectivity index (χ2n) is 7.47. The fourth-order valence-electron chi connectivity index (χ4n) is 3.89. The van der Waals surface area contributed by atoms with Crippen LogP contribution in [0, 0.1) is 6.07 Å². The molecule has 2 aromatic rings. The van der Waals surface area contributed by atoms with E-state index in [1.54, 1.807) is 30.2 Å². The fraction of sp³-hybridized carbons (Fsp3) is 0.391. The zero-order chi connectivity index (χ0) is 21.8. The van der Waals surface area contributed by atoms with E-state index in [0.29, 0.717) is 35.7 Å². The number of benzene rings is 2. The number of fused-ring (bicyclic) bond motifs is 1. The molecule has 2 aromatic carbocycles. The third kappa shape index (κ3) is 4.11. The Morgan fingerprint density at radius 2 is 2.07 bits per heavy atom. The van der Waals surface area contributed by atoms with E-state index in [0.717, 1.165) is 12.1 Å². The summed E-state index contributed by atoms with van der Waals surface area (Å²) in [7, 11) is 5.52. The first-order valence-electron chi connectivity index (χ1n) is 9.97. The Morgan fingerprint density at radius 1 is 1.30 bits per heavy atom. The summed E-state index contributed by atoms with van der Waals surface area (Å²) in [6, 6.07) is 12.6. The molecular weight excluding hydrogens is 382 g/mol. The number of carbonyl (C=O) groups is 2. The Kier molecular flexibility index (Phi) is 6.62. The molecule has 7 heteroatoms. The van der Waals surface area contributed by atoms with Crippen molar-refractivity contribution in [3.05, 3.63) is 59.2 Å². The Balaban J connectivity index is 2.09. The van der Waals surface area contributed by atoms with Gasteiger partial charge in [-0.25, -0.2) is 0 Å². The summed E-state index contributed by atoms with van der Waals surface area (Å²) < 4.78 is 11.1. The summed E-state index contributed by atoms with van der Waals surface area (Å²) in [5.74, 6) is 0.406. The lowest BCUT2D eigenvalue weighted by Gasteiger charge is -2.33. The van der Waals surface area contributed by atoms with Gasteiger partial charge in [0.2, 0.25) is 5.91 Å². The smallest absolute Gasteiger partial charge is 0.256 e. The first-order valence-corrected chi connectivity index (χ1v) is 9.97. The molecule has 1 radical (unpaired) electrons. The Hall–Kier alpha value is -3.06. The van der Waals surface area contributed by atoms with Gasteiger partial charge in [0.25, 0.3) is 5.91 Å². The number of carbonyl (C=O) groups excluding carboxylic acids is 2. The van der Waals surface area contributed by atoms with Gasteiger partial charge in [0, 0.05) is 0 Å². The number of hydrogen-bond acceptors (Lipinski definition) is 5. The van der Waals surface area contributed by atoms with Crippen molar-refractivity contribution in [1.82, 2.24) is 9.80 Å². The van der Waals surface area contributed by atoms with Crippen LogP contribution < -0.4 is 15.2 Å². The summed E-state index contributed by atoms with van der Waals surface area (Å²) in [6.07, 6.45) is 0.619. The van der Waals surface area contributed by atoms with Crippen molar-refractivity contribution in [3.63, 3.8) is 0 Å². The molecule has 0 spiro atoms. The molecule has 7 nitrogen and oxygen atoms in total. The number of rotatable bonds is 9. The quantitative estimate of drug-likeness (QED) is 0.687. The minimum absolute atomic E-state index is 0.244. The molecule has 3 rings (SSSR count). The topological polar surface area (TPSA) is 85.1 Å².